The highest BCUT2D eigenvalue weighted by Gasteiger charge is 2.37. The van der Waals surface area contributed by atoms with Crippen molar-refractivity contribution in [1.29, 1.82) is 0 Å². The van der Waals surface area contributed by atoms with E-state index in [9.17, 15) is 14.7 Å². The van der Waals surface area contributed by atoms with Crippen LogP contribution in [0.1, 0.15) is 33.1 Å². The molecule has 1 saturated heterocycles. The Morgan fingerprint density at radius 3 is 2.77 bits per heavy atom. The van der Waals surface area contributed by atoms with Crippen LogP contribution in [-0.2, 0) is 20.9 Å². The molecule has 35 heavy (non-hydrogen) atoms. The Hall–Kier alpha value is -3.37. The van der Waals surface area contributed by atoms with Crippen LogP contribution in [0.5, 0.6) is 11.5 Å². The van der Waals surface area contributed by atoms with Crippen molar-refractivity contribution >= 4 is 17.6 Å². The van der Waals surface area contributed by atoms with E-state index in [4.69, 9.17) is 14.2 Å². The minimum atomic E-state index is -0.943. The topological polar surface area (TPSA) is 115 Å². The summed E-state index contributed by atoms with van der Waals surface area (Å²) < 4.78 is 18.6. The van der Waals surface area contributed by atoms with E-state index in [1.54, 1.807) is 50.0 Å². The van der Waals surface area contributed by atoms with Crippen molar-refractivity contribution in [1.82, 2.24) is 14.7 Å². The predicted molar refractivity (Wildman–Crippen MR) is 128 cm³/mol. The standard InChI is InChI=1S/C25H32N4O6/c1-25(2,32)16-28-11-10-22(27-28)26-24(31)19(13-17-7-6-12-34-17)29-15-18(14-23(29)30)35-21-9-5-4-8-20(21)33-3/h4-5,8-11,14,17,19,32H,6-7,12-13,15-16H2,1-3H3,(H,26,27,31). The average molecular weight is 485 g/mol. The molecule has 2 aliphatic rings. The zero-order chi connectivity index (χ0) is 25.0. The Morgan fingerprint density at radius 1 is 1.31 bits per heavy atom. The van der Waals surface area contributed by atoms with Gasteiger partial charge in [-0.1, -0.05) is 12.1 Å². The molecular weight excluding hydrogens is 452 g/mol. The van der Waals surface area contributed by atoms with Gasteiger partial charge in [-0.2, -0.15) is 5.10 Å². The smallest absolute Gasteiger partial charge is 0.251 e. The van der Waals surface area contributed by atoms with Gasteiger partial charge >= 0.3 is 0 Å². The quantitative estimate of drug-likeness (QED) is 0.532. The number of rotatable bonds is 10. The fourth-order valence-corrected chi connectivity index (χ4v) is 4.26. The lowest BCUT2D eigenvalue weighted by molar-refractivity contribution is -0.134. The molecular formula is C25H32N4O6. The number of nitrogens with one attached hydrogen (secondary N) is 1. The number of aliphatic hydroxyl groups is 1. The van der Waals surface area contributed by atoms with E-state index >= 15 is 0 Å². The lowest BCUT2D eigenvalue weighted by Crippen LogP contribution is -2.47. The predicted octanol–water partition coefficient (Wildman–Crippen LogP) is 2.34. The van der Waals surface area contributed by atoms with Crippen LogP contribution in [0, 0.1) is 0 Å². The molecule has 1 aromatic heterocycles. The lowest BCUT2D eigenvalue weighted by Gasteiger charge is -2.28. The molecule has 188 valence electrons. The molecule has 2 amide bonds. The van der Waals surface area contributed by atoms with Crippen LogP contribution in [0.4, 0.5) is 5.82 Å². The van der Waals surface area contributed by atoms with Crippen LogP contribution >= 0.6 is 0 Å². The van der Waals surface area contributed by atoms with Crippen LogP contribution in [0.25, 0.3) is 0 Å². The van der Waals surface area contributed by atoms with Crippen molar-refractivity contribution in [2.75, 3.05) is 25.6 Å². The molecule has 0 spiro atoms. The van der Waals surface area contributed by atoms with Gasteiger partial charge in [0.25, 0.3) is 5.91 Å². The fourth-order valence-electron chi connectivity index (χ4n) is 4.26. The van der Waals surface area contributed by atoms with Crippen LogP contribution in [0.15, 0.2) is 48.4 Å². The average Bonchev–Trinajstić information content (AvgIpc) is 3.54. The number of nitrogens with zero attached hydrogens (tertiary/aromatic N) is 3. The number of methoxy groups -OCH3 is 1. The second-order valence-electron chi connectivity index (χ2n) is 9.42. The normalized spacial score (nSPS) is 19.0. The van der Waals surface area contributed by atoms with E-state index in [1.165, 1.54) is 11.0 Å². The third kappa shape index (κ3) is 6.40. The maximum Gasteiger partial charge on any atom is 0.251 e. The molecule has 0 radical (unpaired) electrons. The Bertz CT molecular complexity index is 1080. The first-order valence-corrected chi connectivity index (χ1v) is 11.7. The van der Waals surface area contributed by atoms with Crippen LogP contribution < -0.4 is 14.8 Å². The summed E-state index contributed by atoms with van der Waals surface area (Å²) in [4.78, 5) is 27.8. The van der Waals surface area contributed by atoms with Gasteiger partial charge < -0.3 is 29.5 Å². The summed E-state index contributed by atoms with van der Waals surface area (Å²) in [5.41, 5.74) is -0.943. The molecule has 2 atom stereocenters. The number of amides is 2. The number of anilines is 1. The molecule has 0 aliphatic carbocycles. The number of aromatic nitrogens is 2. The highest BCUT2D eigenvalue weighted by molar-refractivity contribution is 5.99. The minimum absolute atomic E-state index is 0.106. The molecule has 2 aliphatic heterocycles. The van der Waals surface area contributed by atoms with Gasteiger partial charge in [0.15, 0.2) is 17.3 Å². The molecule has 0 saturated carbocycles. The molecule has 2 N–H and O–H groups in total. The van der Waals surface area contributed by atoms with E-state index in [-0.39, 0.29) is 31.0 Å². The number of hydrogen-bond acceptors (Lipinski definition) is 7. The summed E-state index contributed by atoms with van der Waals surface area (Å²) in [6.45, 7) is 4.44. The number of ether oxygens (including phenoxy) is 3. The highest BCUT2D eigenvalue weighted by Crippen LogP contribution is 2.30. The maximum absolute atomic E-state index is 13.3. The van der Waals surface area contributed by atoms with E-state index in [0.717, 1.165) is 12.8 Å². The number of carbonyl (C=O) groups excluding carboxylic acids is 2. The summed E-state index contributed by atoms with van der Waals surface area (Å²) in [6.07, 6.45) is 5.12. The van der Waals surface area contributed by atoms with Crippen molar-refractivity contribution in [3.63, 3.8) is 0 Å². The van der Waals surface area contributed by atoms with Crippen LogP contribution in [0.3, 0.4) is 0 Å². The molecule has 3 heterocycles. The number of hydrogen-bond donors (Lipinski definition) is 2. The first-order chi connectivity index (χ1) is 16.7. The van der Waals surface area contributed by atoms with Crippen molar-refractivity contribution in [3.8, 4) is 11.5 Å². The third-order valence-corrected chi connectivity index (χ3v) is 5.83. The molecule has 10 heteroatoms. The molecule has 2 aromatic rings. The molecule has 1 aromatic carbocycles. The monoisotopic (exact) mass is 484 g/mol. The third-order valence-electron chi connectivity index (χ3n) is 5.83. The summed E-state index contributed by atoms with van der Waals surface area (Å²) in [5.74, 6) is 1.17. The van der Waals surface area contributed by atoms with Gasteiger partial charge in [0.05, 0.1) is 31.9 Å². The van der Waals surface area contributed by atoms with Gasteiger partial charge in [0, 0.05) is 31.4 Å². The maximum atomic E-state index is 13.3. The Morgan fingerprint density at radius 2 is 2.09 bits per heavy atom. The van der Waals surface area contributed by atoms with E-state index in [1.807, 2.05) is 12.1 Å². The largest absolute Gasteiger partial charge is 0.493 e. The minimum Gasteiger partial charge on any atom is -0.493 e. The molecule has 4 rings (SSSR count). The van der Waals surface area contributed by atoms with Gasteiger partial charge in [0.2, 0.25) is 5.91 Å². The summed E-state index contributed by atoms with van der Waals surface area (Å²) in [6, 6.07) is 8.07. The zero-order valence-electron chi connectivity index (χ0n) is 20.3. The zero-order valence-corrected chi connectivity index (χ0v) is 20.3. The summed E-state index contributed by atoms with van der Waals surface area (Å²) in [7, 11) is 1.55. The van der Waals surface area contributed by atoms with E-state index < -0.39 is 11.6 Å². The van der Waals surface area contributed by atoms with Crippen LogP contribution in [-0.4, -0.2) is 69.6 Å². The summed E-state index contributed by atoms with van der Waals surface area (Å²) in [5, 5.41) is 17.2. The second kappa shape index (κ2) is 10.5. The van der Waals surface area contributed by atoms with Gasteiger partial charge in [-0.25, -0.2) is 0 Å². The Labute approximate surface area is 204 Å². The van der Waals surface area contributed by atoms with Crippen molar-refractivity contribution < 1.29 is 28.9 Å². The SMILES string of the molecule is COc1ccccc1OC1=CC(=O)N(C(CC2CCCO2)C(=O)Nc2ccn(CC(C)(C)O)n2)C1. The van der Waals surface area contributed by atoms with Crippen molar-refractivity contribution in [2.45, 2.75) is 57.4 Å². The number of benzene rings is 1. The molecule has 2 unspecified atom stereocenters. The van der Waals surface area contributed by atoms with E-state index in [0.29, 0.717) is 36.1 Å². The number of carbonyl (C=O) groups is 2. The Kier molecular flexibility index (Phi) is 7.42. The molecule has 0 bridgehead atoms. The van der Waals surface area contributed by atoms with Crippen molar-refractivity contribution in [2.24, 2.45) is 0 Å². The van der Waals surface area contributed by atoms with Crippen molar-refractivity contribution in [3.05, 3.63) is 48.4 Å². The fraction of sp³-hybridized carbons (Fsp3) is 0.480. The number of para-hydroxylation sites is 2. The van der Waals surface area contributed by atoms with Gasteiger partial charge in [0.1, 0.15) is 11.8 Å². The van der Waals surface area contributed by atoms with Gasteiger partial charge in [-0.15, -0.1) is 0 Å². The van der Waals surface area contributed by atoms with Crippen LogP contribution in [0.2, 0.25) is 0 Å². The van der Waals surface area contributed by atoms with Gasteiger partial charge in [-0.05, 0) is 38.8 Å². The van der Waals surface area contributed by atoms with Gasteiger partial charge in [-0.3, -0.25) is 14.3 Å². The highest BCUT2D eigenvalue weighted by atomic mass is 16.5. The lowest BCUT2D eigenvalue weighted by atomic mass is 10.0. The summed E-state index contributed by atoms with van der Waals surface area (Å²) >= 11 is 0. The van der Waals surface area contributed by atoms with E-state index in [2.05, 4.69) is 10.4 Å². The molecule has 1 fully saturated rings. The first-order valence-electron chi connectivity index (χ1n) is 11.7. The molecule has 10 nitrogen and oxygen atoms in total. The first kappa shape index (κ1) is 24.7. The Balaban J connectivity index is 1.47. The second-order valence-corrected chi connectivity index (χ2v) is 9.42.